The molecule has 6 heteroatoms. The average Bonchev–Trinajstić information content (AvgIpc) is 3.21. The van der Waals surface area contributed by atoms with Crippen LogP contribution in [0.25, 0.3) is 0 Å². The first-order chi connectivity index (χ1) is 28.0. The molecule has 0 aliphatic heterocycles. The summed E-state index contributed by atoms with van der Waals surface area (Å²) in [5.74, 6) is -0.952. The number of ether oxygens (including phenoxy) is 3. The van der Waals surface area contributed by atoms with Crippen molar-refractivity contribution in [1.82, 2.24) is 0 Å². The van der Waals surface area contributed by atoms with Crippen LogP contribution in [-0.4, -0.2) is 37.2 Å². The number of carbonyl (C=O) groups excluding carboxylic acids is 3. The van der Waals surface area contributed by atoms with Crippen molar-refractivity contribution in [3.05, 3.63) is 72.9 Å². The highest BCUT2D eigenvalue weighted by molar-refractivity contribution is 5.71. The van der Waals surface area contributed by atoms with Crippen molar-refractivity contribution < 1.29 is 28.6 Å². The maximum atomic E-state index is 12.7. The fourth-order valence-electron chi connectivity index (χ4n) is 6.24. The van der Waals surface area contributed by atoms with Crippen LogP contribution in [0.5, 0.6) is 0 Å². The highest BCUT2D eigenvalue weighted by atomic mass is 16.6. The first-order valence-corrected chi connectivity index (χ1v) is 23.5. The molecule has 0 aromatic heterocycles. The number of allylic oxidation sites excluding steroid dienone is 12. The second-order valence-electron chi connectivity index (χ2n) is 15.3. The molecule has 0 N–H and O–H groups in total. The van der Waals surface area contributed by atoms with E-state index in [-0.39, 0.29) is 31.1 Å². The zero-order chi connectivity index (χ0) is 41.5. The van der Waals surface area contributed by atoms with Gasteiger partial charge in [0.25, 0.3) is 0 Å². The van der Waals surface area contributed by atoms with E-state index in [1.54, 1.807) is 0 Å². The van der Waals surface area contributed by atoms with Gasteiger partial charge >= 0.3 is 17.9 Å². The summed E-state index contributed by atoms with van der Waals surface area (Å²) < 4.78 is 16.7. The van der Waals surface area contributed by atoms with E-state index in [1.807, 2.05) is 0 Å². The lowest BCUT2D eigenvalue weighted by atomic mass is 10.1. The normalized spacial score (nSPS) is 12.7. The highest BCUT2D eigenvalue weighted by Crippen LogP contribution is 2.14. The van der Waals surface area contributed by atoms with E-state index in [0.717, 1.165) is 83.5 Å². The van der Waals surface area contributed by atoms with Gasteiger partial charge in [0.1, 0.15) is 13.2 Å². The van der Waals surface area contributed by atoms with Crippen LogP contribution in [0.2, 0.25) is 0 Å². The summed E-state index contributed by atoms with van der Waals surface area (Å²) in [6.07, 6.45) is 56.1. The molecule has 0 aromatic rings. The van der Waals surface area contributed by atoms with E-state index in [4.69, 9.17) is 14.2 Å². The summed E-state index contributed by atoms with van der Waals surface area (Å²) in [7, 11) is 0. The summed E-state index contributed by atoms with van der Waals surface area (Å²) >= 11 is 0. The SMILES string of the molecule is CC\C=C/C=C\C=C/CCCCCCCCCC(=O)OCC(COC(=O)CCCC/C=C\C/C=C\CC)OC(=O)CCCCCCCCC/C=C\CCCCCC. The molecule has 1 unspecified atom stereocenters. The number of hydrogen-bond donors (Lipinski definition) is 0. The Hall–Kier alpha value is -3.15. The van der Waals surface area contributed by atoms with Crippen LogP contribution in [0.4, 0.5) is 0 Å². The second kappa shape index (κ2) is 45.6. The first kappa shape index (κ1) is 53.9. The molecular formula is C51H86O6. The zero-order valence-corrected chi connectivity index (χ0v) is 37.1. The molecule has 0 rings (SSSR count). The first-order valence-electron chi connectivity index (χ1n) is 23.5. The Morgan fingerprint density at radius 3 is 1.30 bits per heavy atom. The van der Waals surface area contributed by atoms with Crippen molar-refractivity contribution >= 4 is 17.9 Å². The Morgan fingerprint density at radius 1 is 0.386 bits per heavy atom. The predicted molar refractivity (Wildman–Crippen MR) is 242 cm³/mol. The van der Waals surface area contributed by atoms with Crippen LogP contribution in [0.1, 0.15) is 213 Å². The highest BCUT2D eigenvalue weighted by Gasteiger charge is 2.19. The van der Waals surface area contributed by atoms with Crippen LogP contribution < -0.4 is 0 Å². The van der Waals surface area contributed by atoms with Gasteiger partial charge in [-0.05, 0) is 89.9 Å². The molecule has 0 fully saturated rings. The Morgan fingerprint density at radius 2 is 0.772 bits per heavy atom. The third-order valence-electron chi connectivity index (χ3n) is 9.74. The molecule has 0 aliphatic carbocycles. The standard InChI is InChI=1S/C51H86O6/c1-4-7-10-13-16-19-21-23-25-27-29-32-35-38-41-44-50(53)56-47-48(46-55-49(52)43-40-37-34-31-18-15-12-9-6-3)57-51(54)45-42-39-36-33-30-28-26-24-22-20-17-14-11-8-5-2/h7,9-10,12-13,16,18-22,31,48H,4-6,8,11,14-15,17,23-30,32-47H2,1-3H3/b10-7-,12-9-,16-13-,21-19-,22-20-,31-18-. The van der Waals surface area contributed by atoms with E-state index in [0.29, 0.717) is 19.3 Å². The molecule has 6 nitrogen and oxygen atoms in total. The number of rotatable bonds is 41. The maximum absolute atomic E-state index is 12.7. The summed E-state index contributed by atoms with van der Waals surface area (Å²) in [6, 6.07) is 0. The molecule has 0 spiro atoms. The van der Waals surface area contributed by atoms with Crippen LogP contribution in [0, 0.1) is 0 Å². The Bertz CT molecular complexity index is 1100. The van der Waals surface area contributed by atoms with Crippen molar-refractivity contribution in [2.24, 2.45) is 0 Å². The molecule has 0 radical (unpaired) electrons. The van der Waals surface area contributed by atoms with Gasteiger partial charge in [0.15, 0.2) is 6.10 Å². The second-order valence-corrected chi connectivity index (χ2v) is 15.3. The predicted octanol–water partition coefficient (Wildman–Crippen LogP) is 15.1. The van der Waals surface area contributed by atoms with Crippen LogP contribution in [-0.2, 0) is 28.6 Å². The molecule has 326 valence electrons. The summed E-state index contributed by atoms with van der Waals surface area (Å²) in [4.78, 5) is 37.7. The molecule has 0 amide bonds. The van der Waals surface area contributed by atoms with Crippen molar-refractivity contribution in [2.45, 2.75) is 219 Å². The largest absolute Gasteiger partial charge is 0.462 e. The van der Waals surface area contributed by atoms with Gasteiger partial charge in [-0.25, -0.2) is 0 Å². The molecular weight excluding hydrogens is 709 g/mol. The average molecular weight is 795 g/mol. The minimum Gasteiger partial charge on any atom is -0.462 e. The molecule has 0 saturated carbocycles. The van der Waals surface area contributed by atoms with Crippen molar-refractivity contribution in [2.75, 3.05) is 13.2 Å². The van der Waals surface area contributed by atoms with Crippen molar-refractivity contribution in [3.63, 3.8) is 0 Å². The van der Waals surface area contributed by atoms with Gasteiger partial charge in [0.05, 0.1) is 0 Å². The summed E-state index contributed by atoms with van der Waals surface area (Å²) in [6.45, 7) is 6.31. The molecule has 57 heavy (non-hydrogen) atoms. The quantitative estimate of drug-likeness (QED) is 0.0202. The fraction of sp³-hybridized carbons (Fsp3) is 0.706. The minimum atomic E-state index is -0.793. The zero-order valence-electron chi connectivity index (χ0n) is 37.1. The fourth-order valence-corrected chi connectivity index (χ4v) is 6.24. The lowest BCUT2D eigenvalue weighted by Crippen LogP contribution is -2.30. The van der Waals surface area contributed by atoms with Gasteiger partial charge in [-0.1, -0.05) is 177 Å². The van der Waals surface area contributed by atoms with Gasteiger partial charge in [0, 0.05) is 19.3 Å². The number of unbranched alkanes of at least 4 members (excludes halogenated alkanes) is 20. The number of carbonyl (C=O) groups is 3. The van der Waals surface area contributed by atoms with E-state index >= 15 is 0 Å². The molecule has 0 aromatic carbocycles. The Kier molecular flexibility index (Phi) is 43.0. The number of esters is 3. The van der Waals surface area contributed by atoms with Gasteiger partial charge in [-0.3, -0.25) is 14.4 Å². The third-order valence-corrected chi connectivity index (χ3v) is 9.74. The Labute approximate surface area is 351 Å². The Balaban J connectivity index is 4.40. The lowest BCUT2D eigenvalue weighted by Gasteiger charge is -2.18. The molecule has 0 aliphatic rings. The third kappa shape index (κ3) is 43.8. The van der Waals surface area contributed by atoms with Crippen LogP contribution >= 0.6 is 0 Å². The van der Waals surface area contributed by atoms with E-state index in [1.165, 1.54) is 89.9 Å². The van der Waals surface area contributed by atoms with E-state index in [2.05, 4.69) is 93.7 Å². The molecule has 0 bridgehead atoms. The van der Waals surface area contributed by atoms with Crippen molar-refractivity contribution in [3.8, 4) is 0 Å². The monoisotopic (exact) mass is 795 g/mol. The van der Waals surface area contributed by atoms with Gasteiger partial charge in [0.2, 0.25) is 0 Å². The van der Waals surface area contributed by atoms with E-state index < -0.39 is 6.10 Å². The van der Waals surface area contributed by atoms with Crippen LogP contribution in [0.15, 0.2) is 72.9 Å². The van der Waals surface area contributed by atoms with E-state index in [9.17, 15) is 14.4 Å². The summed E-state index contributed by atoms with van der Waals surface area (Å²) in [5.41, 5.74) is 0. The molecule has 0 heterocycles. The number of hydrogen-bond acceptors (Lipinski definition) is 6. The van der Waals surface area contributed by atoms with Crippen LogP contribution in [0.3, 0.4) is 0 Å². The molecule has 1 atom stereocenters. The van der Waals surface area contributed by atoms with Crippen molar-refractivity contribution in [1.29, 1.82) is 0 Å². The minimum absolute atomic E-state index is 0.0944. The maximum Gasteiger partial charge on any atom is 0.306 e. The lowest BCUT2D eigenvalue weighted by molar-refractivity contribution is -0.167. The topological polar surface area (TPSA) is 78.9 Å². The van der Waals surface area contributed by atoms with Gasteiger partial charge < -0.3 is 14.2 Å². The summed E-state index contributed by atoms with van der Waals surface area (Å²) in [5, 5.41) is 0. The molecule has 0 saturated heterocycles. The van der Waals surface area contributed by atoms with Gasteiger partial charge in [-0.15, -0.1) is 0 Å². The smallest absolute Gasteiger partial charge is 0.306 e. The van der Waals surface area contributed by atoms with Gasteiger partial charge in [-0.2, -0.15) is 0 Å².